The van der Waals surface area contributed by atoms with Gasteiger partial charge in [-0.25, -0.2) is 0 Å². The third-order valence-electron chi connectivity index (χ3n) is 2.79. The van der Waals surface area contributed by atoms with Gasteiger partial charge in [0.2, 0.25) is 0 Å². The molecule has 3 heteroatoms. The highest BCUT2D eigenvalue weighted by atomic mass is 16.4. The minimum atomic E-state index is -1.95. The van der Waals surface area contributed by atoms with Crippen LogP contribution in [0, 0.1) is 10.8 Å². The number of aliphatic hydroxyl groups is 1. The van der Waals surface area contributed by atoms with E-state index in [0.29, 0.717) is 0 Å². The van der Waals surface area contributed by atoms with Gasteiger partial charge in [-0.1, -0.05) is 6.92 Å². The molecule has 0 heterocycles. The van der Waals surface area contributed by atoms with Gasteiger partial charge in [0, 0.05) is 6.56 Å². The van der Waals surface area contributed by atoms with Crippen LogP contribution in [0.25, 0.3) is 0 Å². The van der Waals surface area contributed by atoms with E-state index in [0.717, 1.165) is 25.7 Å². The lowest BCUT2D eigenvalue weighted by Gasteiger charge is -1.96. The maximum absolute atomic E-state index is 10.1. The quantitative estimate of drug-likeness (QED) is 0.692. The van der Waals surface area contributed by atoms with Gasteiger partial charge in [-0.15, -0.1) is 0 Å². The van der Waals surface area contributed by atoms with Gasteiger partial charge >= 0.3 is 5.97 Å². The summed E-state index contributed by atoms with van der Waals surface area (Å²) in [6.07, 6.45) is 3.36. The average Bonchev–Trinajstić information content (AvgIpc) is 2.90. The number of hydrogen-bond donors (Lipinski definition) is 2. The van der Waals surface area contributed by atoms with Crippen molar-refractivity contribution < 1.29 is 17.7 Å². The molecular formula is C10H18O3. The first-order valence-electron chi connectivity index (χ1n) is 5.57. The van der Waals surface area contributed by atoms with Gasteiger partial charge in [0.05, 0.1) is 8.16 Å². The molecule has 2 saturated carbocycles. The van der Waals surface area contributed by atoms with Crippen LogP contribution in [0.3, 0.4) is 0 Å². The van der Waals surface area contributed by atoms with Gasteiger partial charge in [0.25, 0.3) is 0 Å². The van der Waals surface area contributed by atoms with Crippen molar-refractivity contribution >= 4 is 5.97 Å². The van der Waals surface area contributed by atoms with Crippen molar-refractivity contribution in [3.63, 3.8) is 0 Å². The van der Waals surface area contributed by atoms with E-state index < -0.39 is 17.9 Å². The van der Waals surface area contributed by atoms with Crippen LogP contribution >= 0.6 is 0 Å². The highest BCUT2D eigenvalue weighted by Gasteiger charge is 2.44. The van der Waals surface area contributed by atoms with Crippen LogP contribution in [0.15, 0.2) is 0 Å². The minimum Gasteiger partial charge on any atom is -0.481 e. The molecular weight excluding hydrogens is 168 g/mol. The Morgan fingerprint density at radius 3 is 1.85 bits per heavy atom. The highest BCUT2D eigenvalue weighted by molar-refractivity contribution is 5.77. The summed E-state index contributed by atoms with van der Waals surface area (Å²) in [7, 11) is 0. The van der Waals surface area contributed by atoms with Gasteiger partial charge in [-0.2, -0.15) is 0 Å². The molecule has 2 fully saturated rings. The molecule has 0 bridgehead atoms. The Labute approximate surface area is 81.6 Å². The second kappa shape index (κ2) is 3.29. The van der Waals surface area contributed by atoms with Gasteiger partial charge in [-0.05, 0) is 38.0 Å². The molecule has 2 aliphatic carbocycles. The lowest BCUT2D eigenvalue weighted by molar-refractivity contribution is -0.142. The fourth-order valence-electron chi connectivity index (χ4n) is 0.701. The number of aliphatic carboxylic acids is 1. The zero-order chi connectivity index (χ0) is 11.9. The molecule has 2 N–H and O–H groups in total. The predicted octanol–water partition coefficient (Wildman–Crippen LogP) is 1.65. The fraction of sp³-hybridized carbons (Fsp3) is 0.900. The van der Waals surface area contributed by atoms with E-state index in [1.165, 1.54) is 0 Å². The Balaban J connectivity index is 0.000000151. The van der Waals surface area contributed by atoms with Crippen LogP contribution in [0.5, 0.6) is 0 Å². The number of carboxylic acids is 1. The summed E-state index contributed by atoms with van der Waals surface area (Å²) >= 11 is 0. The van der Waals surface area contributed by atoms with Crippen molar-refractivity contribution in [2.24, 2.45) is 10.8 Å². The third-order valence-corrected chi connectivity index (χ3v) is 2.79. The van der Waals surface area contributed by atoms with Gasteiger partial charge < -0.3 is 10.2 Å². The largest absolute Gasteiger partial charge is 0.481 e. The molecule has 2 rings (SSSR count). The van der Waals surface area contributed by atoms with E-state index >= 15 is 0 Å². The normalized spacial score (nSPS) is 28.8. The molecule has 0 aromatic carbocycles. The molecule has 0 amide bonds. The van der Waals surface area contributed by atoms with Gasteiger partial charge in [0.1, 0.15) is 0 Å². The van der Waals surface area contributed by atoms with Crippen molar-refractivity contribution in [2.45, 2.75) is 39.5 Å². The Bertz CT molecular complexity index is 259. The molecule has 2 aliphatic rings. The van der Waals surface area contributed by atoms with Gasteiger partial charge in [-0.3, -0.25) is 4.79 Å². The zero-order valence-electron chi connectivity index (χ0n) is 10.1. The molecule has 0 aromatic rings. The van der Waals surface area contributed by atoms with Crippen LogP contribution in [0.2, 0.25) is 0 Å². The minimum absolute atomic E-state index is 0.333. The lowest BCUT2D eigenvalue weighted by atomic mass is 10.2. The summed E-state index contributed by atoms with van der Waals surface area (Å²) in [5.41, 5.74) is -0.757. The molecule has 0 atom stereocenters. The summed E-state index contributed by atoms with van der Waals surface area (Å²) in [5.74, 6) is -0.646. The molecule has 0 aliphatic heterocycles. The number of hydrogen-bond acceptors (Lipinski definition) is 2. The predicted molar refractivity (Wildman–Crippen MR) is 49.4 cm³/mol. The Kier molecular flexibility index (Phi) is 1.98. The van der Waals surface area contributed by atoms with Crippen LogP contribution in [-0.4, -0.2) is 22.7 Å². The Morgan fingerprint density at radius 1 is 1.38 bits per heavy atom. The molecule has 0 unspecified atom stereocenters. The highest BCUT2D eigenvalue weighted by Crippen LogP contribution is 2.44. The maximum atomic E-state index is 10.1. The van der Waals surface area contributed by atoms with Crippen molar-refractivity contribution in [2.75, 3.05) is 6.56 Å². The van der Waals surface area contributed by atoms with Crippen LogP contribution in [0.4, 0.5) is 0 Å². The van der Waals surface area contributed by atoms with Gasteiger partial charge in [0.15, 0.2) is 0 Å². The van der Waals surface area contributed by atoms with E-state index in [1.807, 2.05) is 0 Å². The molecule has 13 heavy (non-hydrogen) atoms. The number of carboxylic acid groups (broad SMARTS) is 1. The first kappa shape index (κ1) is 7.80. The van der Waals surface area contributed by atoms with Crippen molar-refractivity contribution in [3.8, 4) is 0 Å². The van der Waals surface area contributed by atoms with E-state index in [9.17, 15) is 4.79 Å². The Morgan fingerprint density at radius 2 is 1.85 bits per heavy atom. The standard InChI is InChI=1S/C5H8O2.C5H10O/c1-5(2-3-5)4(6)7;1-5(4-6)2-3-5/h2-3H2,1H3,(H,6,7);6H,2-4H2,1H3/i;4D2. The third kappa shape index (κ3) is 2.99. The fourth-order valence-corrected chi connectivity index (χ4v) is 0.701. The average molecular weight is 188 g/mol. The first-order chi connectivity index (χ1) is 6.61. The molecule has 76 valence electrons. The molecule has 0 radical (unpaired) electrons. The van der Waals surface area contributed by atoms with Crippen LogP contribution in [0.1, 0.15) is 42.3 Å². The lowest BCUT2D eigenvalue weighted by Crippen LogP contribution is -2.08. The van der Waals surface area contributed by atoms with E-state index in [2.05, 4.69) is 0 Å². The molecule has 3 nitrogen and oxygen atoms in total. The monoisotopic (exact) mass is 188 g/mol. The number of carbonyl (C=O) groups is 1. The van der Waals surface area contributed by atoms with Crippen LogP contribution in [-0.2, 0) is 4.79 Å². The molecule has 0 aromatic heterocycles. The second-order valence-corrected chi connectivity index (χ2v) is 4.54. The zero-order valence-corrected chi connectivity index (χ0v) is 8.13. The topological polar surface area (TPSA) is 57.5 Å². The van der Waals surface area contributed by atoms with E-state index in [-0.39, 0.29) is 5.41 Å². The number of rotatable bonds is 2. The van der Waals surface area contributed by atoms with E-state index in [4.69, 9.17) is 13.0 Å². The summed E-state index contributed by atoms with van der Waals surface area (Å²) in [4.78, 5) is 10.1. The smallest absolute Gasteiger partial charge is 0.309 e. The van der Waals surface area contributed by atoms with E-state index in [1.54, 1.807) is 13.8 Å². The van der Waals surface area contributed by atoms with Crippen molar-refractivity contribution in [1.29, 1.82) is 0 Å². The summed E-state index contributed by atoms with van der Waals surface area (Å²) in [6.45, 7) is 1.58. The first-order valence-corrected chi connectivity index (χ1v) is 4.57. The summed E-state index contributed by atoms with van der Waals surface area (Å²) in [5, 5.41) is 17.1. The molecule has 0 saturated heterocycles. The molecule has 0 spiro atoms. The SMILES string of the molecule is CC1(C(=O)O)CC1.[2H]C([2H])(O)C1(C)CC1. The van der Waals surface area contributed by atoms with Crippen LogP contribution < -0.4 is 0 Å². The van der Waals surface area contributed by atoms with Crippen molar-refractivity contribution in [1.82, 2.24) is 0 Å². The maximum Gasteiger partial charge on any atom is 0.309 e. The Hall–Kier alpha value is -0.570. The van der Waals surface area contributed by atoms with Crippen molar-refractivity contribution in [3.05, 3.63) is 0 Å². The second-order valence-electron chi connectivity index (χ2n) is 4.54. The summed E-state index contributed by atoms with van der Waals surface area (Å²) < 4.78 is 13.7. The summed E-state index contributed by atoms with van der Waals surface area (Å²) in [6, 6.07) is 0.